The van der Waals surface area contributed by atoms with Crippen molar-refractivity contribution in [1.29, 1.82) is 5.26 Å². The van der Waals surface area contributed by atoms with Gasteiger partial charge in [-0.25, -0.2) is 0 Å². The summed E-state index contributed by atoms with van der Waals surface area (Å²) in [5.41, 5.74) is 6.99. The molecule has 1 heterocycles. The Bertz CT molecular complexity index is 775. The van der Waals surface area contributed by atoms with E-state index in [9.17, 15) is 4.79 Å². The van der Waals surface area contributed by atoms with Crippen LogP contribution in [0.15, 0.2) is 29.1 Å². The van der Waals surface area contributed by atoms with Crippen LogP contribution in [0.1, 0.15) is 12.0 Å². The van der Waals surface area contributed by atoms with Crippen molar-refractivity contribution >= 4 is 18.3 Å². The Morgan fingerprint density at radius 3 is 2.74 bits per heavy atom. The highest BCUT2D eigenvalue weighted by Gasteiger charge is 2.01. The largest absolute Gasteiger partial charge is 0.399 e. The first-order valence-corrected chi connectivity index (χ1v) is 5.84. The van der Waals surface area contributed by atoms with Gasteiger partial charge in [0.05, 0.1) is 29.6 Å². The average Bonchev–Trinajstić information content (AvgIpc) is 2.66. The van der Waals surface area contributed by atoms with Gasteiger partial charge in [0, 0.05) is 5.69 Å². The Balaban J connectivity index is 2.49. The molecule has 0 atom stereocenters. The summed E-state index contributed by atoms with van der Waals surface area (Å²) in [6.45, 7) is 4.15. The Labute approximate surface area is 109 Å². The molecule has 0 spiro atoms. The van der Waals surface area contributed by atoms with E-state index >= 15 is 0 Å². The number of nitrogen functional groups attached to an aromatic ring is 1. The third-order valence-electron chi connectivity index (χ3n) is 2.77. The topological polar surface area (TPSA) is 87.6 Å². The minimum Gasteiger partial charge on any atom is -0.399 e. The minimum absolute atomic E-state index is 0.169. The molecule has 0 unspecified atom stereocenters. The molecule has 0 amide bonds. The van der Waals surface area contributed by atoms with Gasteiger partial charge in [-0.1, -0.05) is 18.7 Å². The first kappa shape index (κ1) is 12.7. The molecule has 0 fully saturated rings. The summed E-state index contributed by atoms with van der Waals surface area (Å²) in [6, 6.07) is 9.22. The van der Waals surface area contributed by atoms with E-state index in [1.807, 2.05) is 18.2 Å². The monoisotopic (exact) mass is 254 g/mol. The molecule has 0 bridgehead atoms. The van der Waals surface area contributed by atoms with Crippen LogP contribution in [-0.2, 0) is 6.54 Å². The number of aromatic nitrogens is 2. The molecule has 2 aromatic rings. The highest BCUT2D eigenvalue weighted by molar-refractivity contribution is 5.53. The van der Waals surface area contributed by atoms with Crippen molar-refractivity contribution < 1.29 is 0 Å². The number of rotatable bonds is 3. The van der Waals surface area contributed by atoms with Crippen LogP contribution in [0.25, 0.3) is 12.7 Å². The predicted octanol–water partition coefficient (Wildman–Crippen LogP) is -0.0886. The minimum atomic E-state index is -0.169. The number of aryl methyl sites for hydroxylation is 1. The SMILES string of the molecule is C=c1[nH]n(CCC#N)c(=O)/c1=C\c1ccc(N)cc1. The quantitative estimate of drug-likeness (QED) is 0.750. The van der Waals surface area contributed by atoms with Crippen molar-refractivity contribution in [3.8, 4) is 6.07 Å². The fraction of sp³-hybridized carbons (Fsp3) is 0.143. The molecule has 5 heteroatoms. The van der Waals surface area contributed by atoms with Crippen LogP contribution in [0.3, 0.4) is 0 Å². The Kier molecular flexibility index (Phi) is 3.53. The van der Waals surface area contributed by atoms with Crippen LogP contribution in [0.5, 0.6) is 0 Å². The van der Waals surface area contributed by atoms with E-state index in [1.54, 1.807) is 18.2 Å². The normalized spacial score (nSPS) is 11.4. The number of benzene rings is 1. The van der Waals surface area contributed by atoms with Crippen LogP contribution < -0.4 is 21.9 Å². The summed E-state index contributed by atoms with van der Waals surface area (Å²) >= 11 is 0. The van der Waals surface area contributed by atoms with Gasteiger partial charge in [-0.2, -0.15) is 5.26 Å². The first-order valence-electron chi connectivity index (χ1n) is 5.84. The fourth-order valence-corrected chi connectivity index (χ4v) is 1.78. The molecule has 19 heavy (non-hydrogen) atoms. The maximum atomic E-state index is 12.1. The van der Waals surface area contributed by atoms with Gasteiger partial charge in [0.2, 0.25) is 0 Å². The molecule has 0 saturated heterocycles. The number of anilines is 1. The first-order chi connectivity index (χ1) is 9.11. The maximum absolute atomic E-state index is 12.1. The molecule has 0 radical (unpaired) electrons. The Morgan fingerprint density at radius 2 is 2.11 bits per heavy atom. The van der Waals surface area contributed by atoms with Crippen LogP contribution >= 0.6 is 0 Å². The van der Waals surface area contributed by atoms with Crippen molar-refractivity contribution in [3.05, 3.63) is 50.8 Å². The summed E-state index contributed by atoms with van der Waals surface area (Å²) in [4.78, 5) is 12.1. The third kappa shape index (κ3) is 2.75. The second kappa shape index (κ2) is 5.27. The van der Waals surface area contributed by atoms with Crippen LogP contribution in [0, 0.1) is 11.3 Å². The van der Waals surface area contributed by atoms with Gasteiger partial charge in [0.25, 0.3) is 5.56 Å². The predicted molar refractivity (Wildman–Crippen MR) is 74.5 cm³/mol. The summed E-state index contributed by atoms with van der Waals surface area (Å²) in [5.74, 6) is 0. The summed E-state index contributed by atoms with van der Waals surface area (Å²) < 4.78 is 1.40. The lowest BCUT2D eigenvalue weighted by atomic mass is 10.2. The standard InChI is InChI=1S/C14H14N4O/c1-10-13(9-11-3-5-12(16)6-4-11)14(19)18(17-10)8-2-7-15/h3-6,9,17H,1-2,8,16H2/b13-9-. The third-order valence-corrected chi connectivity index (χ3v) is 2.77. The molecular formula is C14H14N4O. The molecule has 1 aromatic carbocycles. The van der Waals surface area contributed by atoms with E-state index in [2.05, 4.69) is 11.7 Å². The van der Waals surface area contributed by atoms with E-state index in [4.69, 9.17) is 11.0 Å². The molecule has 5 nitrogen and oxygen atoms in total. The van der Waals surface area contributed by atoms with E-state index in [1.165, 1.54) is 4.68 Å². The van der Waals surface area contributed by atoms with Crippen molar-refractivity contribution in [2.24, 2.45) is 0 Å². The number of aromatic amines is 1. The molecule has 0 aliphatic carbocycles. The van der Waals surface area contributed by atoms with E-state index < -0.39 is 0 Å². The second-order valence-corrected chi connectivity index (χ2v) is 4.18. The zero-order valence-electron chi connectivity index (χ0n) is 10.4. The van der Waals surface area contributed by atoms with Crippen LogP contribution in [0.4, 0.5) is 5.69 Å². The van der Waals surface area contributed by atoms with Gasteiger partial charge < -0.3 is 5.73 Å². The molecule has 3 N–H and O–H groups in total. The smallest absolute Gasteiger partial charge is 0.274 e. The summed E-state index contributed by atoms with van der Waals surface area (Å²) in [6.07, 6.45) is 2.03. The Morgan fingerprint density at radius 1 is 1.42 bits per heavy atom. The van der Waals surface area contributed by atoms with Gasteiger partial charge in [-0.15, -0.1) is 0 Å². The Hall–Kier alpha value is -2.74. The molecule has 0 aliphatic heterocycles. The number of hydrogen-bond donors (Lipinski definition) is 2. The number of H-pyrrole nitrogens is 1. The summed E-state index contributed by atoms with van der Waals surface area (Å²) in [5, 5.41) is 12.5. The number of nitrogens with zero attached hydrogens (tertiary/aromatic N) is 2. The van der Waals surface area contributed by atoms with Crippen molar-refractivity contribution in [1.82, 2.24) is 9.78 Å². The number of hydrogen-bond acceptors (Lipinski definition) is 3. The molecule has 96 valence electrons. The number of nitrogens with two attached hydrogens (primary N) is 1. The van der Waals surface area contributed by atoms with Crippen molar-refractivity contribution in [3.63, 3.8) is 0 Å². The van der Waals surface area contributed by atoms with Crippen LogP contribution in [-0.4, -0.2) is 9.78 Å². The zero-order chi connectivity index (χ0) is 13.8. The van der Waals surface area contributed by atoms with Crippen molar-refractivity contribution in [2.45, 2.75) is 13.0 Å². The van der Waals surface area contributed by atoms with E-state index in [0.717, 1.165) is 5.56 Å². The number of nitriles is 1. The average molecular weight is 254 g/mol. The van der Waals surface area contributed by atoms with Gasteiger partial charge in [0.15, 0.2) is 0 Å². The van der Waals surface area contributed by atoms with Gasteiger partial charge >= 0.3 is 0 Å². The molecule has 2 rings (SSSR count). The maximum Gasteiger partial charge on any atom is 0.274 e. The zero-order valence-corrected chi connectivity index (χ0v) is 10.4. The van der Waals surface area contributed by atoms with E-state index in [0.29, 0.717) is 22.8 Å². The van der Waals surface area contributed by atoms with E-state index in [-0.39, 0.29) is 12.0 Å². The molecule has 1 aromatic heterocycles. The van der Waals surface area contributed by atoms with Crippen molar-refractivity contribution in [2.75, 3.05) is 5.73 Å². The second-order valence-electron chi connectivity index (χ2n) is 4.18. The highest BCUT2D eigenvalue weighted by atomic mass is 16.1. The fourth-order valence-electron chi connectivity index (χ4n) is 1.78. The highest BCUT2D eigenvalue weighted by Crippen LogP contribution is 2.04. The van der Waals surface area contributed by atoms with Gasteiger partial charge in [-0.05, 0) is 23.8 Å². The molecule has 0 saturated carbocycles. The number of nitrogens with one attached hydrogen (secondary N) is 1. The molecule has 0 aliphatic rings. The molecular weight excluding hydrogens is 240 g/mol. The van der Waals surface area contributed by atoms with Crippen LogP contribution in [0.2, 0.25) is 0 Å². The van der Waals surface area contributed by atoms with Gasteiger partial charge in [0.1, 0.15) is 0 Å². The lowest BCUT2D eigenvalue weighted by molar-refractivity contribution is 0.604. The summed E-state index contributed by atoms with van der Waals surface area (Å²) in [7, 11) is 0. The lowest BCUT2D eigenvalue weighted by Crippen LogP contribution is -2.34. The van der Waals surface area contributed by atoms with Gasteiger partial charge in [-0.3, -0.25) is 14.6 Å². The lowest BCUT2D eigenvalue weighted by Gasteiger charge is -1.94.